The Hall–Kier alpha value is -0.760. The summed E-state index contributed by atoms with van der Waals surface area (Å²) in [6, 6.07) is -0.285. The molecule has 0 N–H and O–H groups in total. The molecule has 54 valence electrons. The third-order valence-electron chi connectivity index (χ3n) is 1.40. The van der Waals surface area contributed by atoms with Gasteiger partial charge in [-0.05, 0) is 23.9 Å². The fourth-order valence-corrected chi connectivity index (χ4v) is 1.05. The van der Waals surface area contributed by atoms with Crippen LogP contribution < -0.4 is 0 Å². The lowest BCUT2D eigenvalue weighted by molar-refractivity contribution is -0.114. The van der Waals surface area contributed by atoms with E-state index in [-0.39, 0.29) is 11.3 Å². The van der Waals surface area contributed by atoms with E-state index in [2.05, 4.69) is 0 Å². The minimum atomic E-state index is -0.344. The maximum Gasteiger partial charge on any atom is 0.248 e. The Kier molecular flexibility index (Phi) is 2.12. The fraction of sp³-hybridized carbons (Fsp3) is 0.286. The summed E-state index contributed by atoms with van der Waals surface area (Å²) in [5.41, 5.74) is 0. The first-order valence-electron chi connectivity index (χ1n) is 2.98. The number of hydrogen-bond acceptors (Lipinski definition) is 2. The molecule has 2 nitrogen and oxygen atoms in total. The number of carbonyl (C=O) groups is 1. The van der Waals surface area contributed by atoms with Crippen molar-refractivity contribution in [1.82, 2.24) is 4.90 Å². The summed E-state index contributed by atoms with van der Waals surface area (Å²) < 4.78 is 0. The molecule has 10 heavy (non-hydrogen) atoms. The van der Waals surface area contributed by atoms with Gasteiger partial charge in [0.1, 0.15) is 6.04 Å². The Labute approximate surface area is 64.8 Å². The second-order valence-corrected chi connectivity index (χ2v) is 2.51. The molecule has 0 aromatic carbocycles. The summed E-state index contributed by atoms with van der Waals surface area (Å²) in [6.07, 6.45) is 7.24. The predicted molar refractivity (Wildman–Crippen MR) is 40.7 cm³/mol. The van der Waals surface area contributed by atoms with Crippen LogP contribution in [0.4, 0.5) is 0 Å². The van der Waals surface area contributed by atoms with Gasteiger partial charge in [-0.1, -0.05) is 12.2 Å². The van der Waals surface area contributed by atoms with Gasteiger partial charge in [0.25, 0.3) is 0 Å². The molecule has 0 aromatic heterocycles. The monoisotopic (exact) mass is 157 g/mol. The summed E-state index contributed by atoms with van der Waals surface area (Å²) in [6.45, 7) is 0. The molecule has 1 atom stereocenters. The Morgan fingerprint density at radius 1 is 1.60 bits per heavy atom. The van der Waals surface area contributed by atoms with Gasteiger partial charge in [0.15, 0.2) is 0 Å². The van der Waals surface area contributed by atoms with Crippen LogP contribution in [0.1, 0.15) is 0 Å². The molecular weight excluding hydrogens is 150 g/mol. The fourth-order valence-electron chi connectivity index (χ4n) is 0.819. The topological polar surface area (TPSA) is 20.3 Å². The maximum atomic E-state index is 10.6. The van der Waals surface area contributed by atoms with Gasteiger partial charge in [-0.25, -0.2) is 0 Å². The highest BCUT2D eigenvalue weighted by atomic mass is 35.5. The zero-order valence-electron chi connectivity index (χ0n) is 5.62. The van der Waals surface area contributed by atoms with Crippen LogP contribution >= 0.6 is 11.6 Å². The molecule has 1 heterocycles. The van der Waals surface area contributed by atoms with E-state index in [4.69, 9.17) is 11.6 Å². The number of halogens is 1. The Bertz CT molecular complexity index is 198. The van der Waals surface area contributed by atoms with Crippen LogP contribution in [0.2, 0.25) is 0 Å². The van der Waals surface area contributed by atoms with Crippen LogP contribution in [-0.2, 0) is 4.79 Å². The van der Waals surface area contributed by atoms with E-state index in [0.717, 1.165) is 0 Å². The van der Waals surface area contributed by atoms with Crippen LogP contribution in [0.25, 0.3) is 0 Å². The molecule has 1 unspecified atom stereocenters. The third-order valence-corrected chi connectivity index (χ3v) is 1.62. The molecule has 0 aromatic rings. The van der Waals surface area contributed by atoms with Crippen LogP contribution in [0.5, 0.6) is 0 Å². The summed E-state index contributed by atoms with van der Waals surface area (Å²) >= 11 is 5.29. The maximum absolute atomic E-state index is 10.6. The van der Waals surface area contributed by atoms with Crippen LogP contribution in [0.15, 0.2) is 24.4 Å². The van der Waals surface area contributed by atoms with Crippen LogP contribution in [-0.4, -0.2) is 23.2 Å². The smallest absolute Gasteiger partial charge is 0.248 e. The van der Waals surface area contributed by atoms with Gasteiger partial charge < -0.3 is 4.90 Å². The van der Waals surface area contributed by atoms with Gasteiger partial charge >= 0.3 is 0 Å². The largest absolute Gasteiger partial charge is 0.366 e. The Morgan fingerprint density at radius 3 is 2.70 bits per heavy atom. The molecular formula is C7H8ClNO. The van der Waals surface area contributed by atoms with Gasteiger partial charge in [0, 0.05) is 7.05 Å². The number of allylic oxidation sites excluding steroid dienone is 2. The third kappa shape index (κ3) is 1.39. The number of likely N-dealkylation sites (N-methyl/N-ethyl adjacent to an activating group) is 1. The Balaban J connectivity index is 2.70. The van der Waals surface area contributed by atoms with E-state index in [1.807, 2.05) is 25.4 Å². The van der Waals surface area contributed by atoms with E-state index in [9.17, 15) is 4.79 Å². The first-order valence-corrected chi connectivity index (χ1v) is 3.36. The van der Waals surface area contributed by atoms with Crippen molar-refractivity contribution in [2.45, 2.75) is 6.04 Å². The number of nitrogens with zero attached hydrogens (tertiary/aromatic N) is 1. The van der Waals surface area contributed by atoms with E-state index in [1.165, 1.54) is 0 Å². The zero-order valence-corrected chi connectivity index (χ0v) is 6.38. The molecule has 0 aliphatic carbocycles. The summed E-state index contributed by atoms with van der Waals surface area (Å²) in [5, 5.41) is -0.344. The average Bonchev–Trinajstić information content (AvgIpc) is 1.88. The van der Waals surface area contributed by atoms with Crippen molar-refractivity contribution < 1.29 is 4.79 Å². The molecule has 1 aliphatic heterocycles. The predicted octanol–water partition coefficient (Wildman–Crippen LogP) is 1.14. The first kappa shape index (κ1) is 7.35. The van der Waals surface area contributed by atoms with Gasteiger partial charge in [-0.15, -0.1) is 0 Å². The van der Waals surface area contributed by atoms with E-state index < -0.39 is 0 Å². The molecule has 0 bridgehead atoms. The summed E-state index contributed by atoms with van der Waals surface area (Å²) in [7, 11) is 1.81. The lowest BCUT2D eigenvalue weighted by Gasteiger charge is -2.22. The van der Waals surface area contributed by atoms with E-state index >= 15 is 0 Å². The first-order chi connectivity index (χ1) is 4.72. The van der Waals surface area contributed by atoms with Crippen LogP contribution in [0, 0.1) is 0 Å². The van der Waals surface area contributed by atoms with Crippen molar-refractivity contribution in [2.24, 2.45) is 0 Å². The molecule has 0 saturated heterocycles. The quantitative estimate of drug-likeness (QED) is 0.532. The number of rotatable bonds is 1. The Morgan fingerprint density at radius 2 is 2.30 bits per heavy atom. The lowest BCUT2D eigenvalue weighted by Crippen LogP contribution is -2.31. The molecule has 0 amide bonds. The van der Waals surface area contributed by atoms with E-state index in [0.29, 0.717) is 0 Å². The molecule has 1 rings (SSSR count). The highest BCUT2D eigenvalue weighted by molar-refractivity contribution is 6.65. The van der Waals surface area contributed by atoms with Gasteiger partial charge in [0.05, 0.1) is 0 Å². The standard InChI is InChI=1S/C7H8ClNO/c1-9-5-3-2-4-6(9)7(8)10/h2-6H,1H3. The SMILES string of the molecule is CN1C=CC=CC1C(=O)Cl. The zero-order chi connectivity index (χ0) is 7.56. The second kappa shape index (κ2) is 2.88. The van der Waals surface area contributed by atoms with Crippen molar-refractivity contribution in [3.05, 3.63) is 24.4 Å². The van der Waals surface area contributed by atoms with E-state index in [1.54, 1.807) is 11.0 Å². The number of hydrogen-bond donors (Lipinski definition) is 0. The van der Waals surface area contributed by atoms with Crippen molar-refractivity contribution >= 4 is 16.8 Å². The van der Waals surface area contributed by atoms with Gasteiger partial charge in [0.2, 0.25) is 5.24 Å². The van der Waals surface area contributed by atoms with Gasteiger partial charge in [-0.2, -0.15) is 0 Å². The highest BCUT2D eigenvalue weighted by Gasteiger charge is 2.16. The van der Waals surface area contributed by atoms with Crippen molar-refractivity contribution in [2.75, 3.05) is 7.05 Å². The van der Waals surface area contributed by atoms with Crippen molar-refractivity contribution in [3.8, 4) is 0 Å². The second-order valence-electron chi connectivity index (χ2n) is 2.14. The summed E-state index contributed by atoms with van der Waals surface area (Å²) in [5.74, 6) is 0. The van der Waals surface area contributed by atoms with Crippen molar-refractivity contribution in [1.29, 1.82) is 0 Å². The molecule has 0 fully saturated rings. The molecule has 1 aliphatic rings. The average molecular weight is 158 g/mol. The minimum absolute atomic E-state index is 0.285. The van der Waals surface area contributed by atoms with Crippen molar-refractivity contribution in [3.63, 3.8) is 0 Å². The molecule has 0 spiro atoms. The van der Waals surface area contributed by atoms with Crippen LogP contribution in [0.3, 0.4) is 0 Å². The summed E-state index contributed by atoms with van der Waals surface area (Å²) in [4.78, 5) is 12.4. The minimum Gasteiger partial charge on any atom is -0.366 e. The highest BCUT2D eigenvalue weighted by Crippen LogP contribution is 2.07. The lowest BCUT2D eigenvalue weighted by atomic mass is 10.2. The molecule has 3 heteroatoms. The molecule has 0 saturated carbocycles. The van der Waals surface area contributed by atoms with Gasteiger partial charge in [-0.3, -0.25) is 4.79 Å². The number of carbonyl (C=O) groups excluding carboxylic acids is 1. The normalized spacial score (nSPS) is 23.4. The molecule has 0 radical (unpaired) electrons.